The van der Waals surface area contributed by atoms with Gasteiger partial charge in [0, 0.05) is 12.3 Å². The van der Waals surface area contributed by atoms with Crippen LogP contribution in [0.2, 0.25) is 0 Å². The van der Waals surface area contributed by atoms with E-state index in [1.807, 2.05) is 48.7 Å². The third-order valence-corrected chi connectivity index (χ3v) is 3.32. The maximum absolute atomic E-state index is 11.2. The van der Waals surface area contributed by atoms with Crippen LogP contribution in [0.1, 0.15) is 29.7 Å². The molecule has 0 N–H and O–H groups in total. The van der Waals surface area contributed by atoms with Crippen molar-refractivity contribution in [1.82, 2.24) is 0 Å². The summed E-state index contributed by atoms with van der Waals surface area (Å²) in [5.41, 5.74) is 3.06. The topological polar surface area (TPSA) is 38.7 Å². The van der Waals surface area contributed by atoms with E-state index < -0.39 is 0 Å². The Kier molecular flexibility index (Phi) is 5.66. The highest BCUT2D eigenvalue weighted by molar-refractivity contribution is 5.91. The molecule has 3 nitrogen and oxygen atoms in total. The van der Waals surface area contributed by atoms with Crippen LogP contribution in [-0.2, 0) is 9.53 Å². The standard InChI is InChI=1S/C19H19NO2/c1-15(16-8-4-3-5-9-16)20-14-18-11-7-6-10-17(18)12-13-19(21)22-2/h3-15H,1-2H3/b13-12+,20-14?. The van der Waals surface area contributed by atoms with Crippen LogP contribution in [0.15, 0.2) is 65.7 Å². The van der Waals surface area contributed by atoms with Crippen molar-refractivity contribution >= 4 is 18.3 Å². The second-order valence-corrected chi connectivity index (χ2v) is 4.85. The molecular formula is C19H19NO2. The van der Waals surface area contributed by atoms with Gasteiger partial charge in [0.05, 0.1) is 13.2 Å². The lowest BCUT2D eigenvalue weighted by atomic mass is 10.1. The van der Waals surface area contributed by atoms with Gasteiger partial charge in [0.2, 0.25) is 0 Å². The summed E-state index contributed by atoms with van der Waals surface area (Å²) in [4.78, 5) is 15.8. The highest BCUT2D eigenvalue weighted by Crippen LogP contribution is 2.16. The maximum Gasteiger partial charge on any atom is 0.330 e. The third-order valence-electron chi connectivity index (χ3n) is 3.32. The molecule has 2 aromatic rings. The average molecular weight is 293 g/mol. The summed E-state index contributed by atoms with van der Waals surface area (Å²) >= 11 is 0. The molecule has 2 rings (SSSR count). The van der Waals surface area contributed by atoms with Crippen molar-refractivity contribution in [3.8, 4) is 0 Å². The van der Waals surface area contributed by atoms with Crippen molar-refractivity contribution in [2.45, 2.75) is 13.0 Å². The highest BCUT2D eigenvalue weighted by atomic mass is 16.5. The van der Waals surface area contributed by atoms with Crippen LogP contribution >= 0.6 is 0 Å². The smallest absolute Gasteiger partial charge is 0.330 e. The first-order valence-electron chi connectivity index (χ1n) is 7.14. The fourth-order valence-corrected chi connectivity index (χ4v) is 2.02. The number of hydrogen-bond acceptors (Lipinski definition) is 3. The molecule has 0 spiro atoms. The van der Waals surface area contributed by atoms with Crippen LogP contribution in [0, 0.1) is 0 Å². The Labute approximate surface area is 131 Å². The molecule has 0 heterocycles. The van der Waals surface area contributed by atoms with Gasteiger partial charge in [-0.15, -0.1) is 0 Å². The van der Waals surface area contributed by atoms with Crippen molar-refractivity contribution < 1.29 is 9.53 Å². The summed E-state index contributed by atoms with van der Waals surface area (Å²) in [5.74, 6) is -0.371. The molecule has 0 aliphatic heterocycles. The number of carbonyl (C=O) groups is 1. The number of esters is 1. The predicted molar refractivity (Wildman–Crippen MR) is 89.9 cm³/mol. The van der Waals surface area contributed by atoms with Crippen LogP contribution < -0.4 is 0 Å². The Balaban J connectivity index is 2.17. The van der Waals surface area contributed by atoms with Crippen molar-refractivity contribution in [3.63, 3.8) is 0 Å². The minimum absolute atomic E-state index is 0.0823. The normalized spacial score (nSPS) is 12.6. The first-order valence-corrected chi connectivity index (χ1v) is 7.14. The number of rotatable bonds is 5. The second-order valence-electron chi connectivity index (χ2n) is 4.85. The van der Waals surface area contributed by atoms with Gasteiger partial charge in [-0.05, 0) is 29.7 Å². The molecule has 0 fully saturated rings. The Hall–Kier alpha value is -2.68. The summed E-state index contributed by atoms with van der Waals surface area (Å²) in [7, 11) is 1.36. The molecule has 3 heteroatoms. The van der Waals surface area contributed by atoms with Crippen LogP contribution in [0.5, 0.6) is 0 Å². The van der Waals surface area contributed by atoms with E-state index in [-0.39, 0.29) is 12.0 Å². The molecule has 1 atom stereocenters. The zero-order valence-corrected chi connectivity index (χ0v) is 12.8. The van der Waals surface area contributed by atoms with Gasteiger partial charge in [-0.1, -0.05) is 54.6 Å². The van der Waals surface area contributed by atoms with Crippen molar-refractivity contribution in [2.75, 3.05) is 7.11 Å². The van der Waals surface area contributed by atoms with E-state index >= 15 is 0 Å². The number of benzene rings is 2. The van der Waals surface area contributed by atoms with E-state index in [1.54, 1.807) is 6.08 Å². The first kappa shape index (κ1) is 15.7. The van der Waals surface area contributed by atoms with E-state index in [1.165, 1.54) is 18.7 Å². The predicted octanol–water partition coefficient (Wildman–Crippen LogP) is 4.05. The Morgan fingerprint density at radius 1 is 1.05 bits per heavy atom. The lowest BCUT2D eigenvalue weighted by Crippen LogP contribution is -1.95. The number of nitrogens with zero attached hydrogens (tertiary/aromatic N) is 1. The summed E-state index contributed by atoms with van der Waals surface area (Å²) < 4.78 is 4.61. The van der Waals surface area contributed by atoms with Gasteiger partial charge in [-0.25, -0.2) is 4.79 Å². The quantitative estimate of drug-likeness (QED) is 0.474. The minimum atomic E-state index is -0.371. The molecule has 0 radical (unpaired) electrons. The van der Waals surface area contributed by atoms with Gasteiger partial charge in [-0.2, -0.15) is 0 Å². The summed E-state index contributed by atoms with van der Waals surface area (Å²) in [6.45, 7) is 2.05. The average Bonchev–Trinajstić information content (AvgIpc) is 2.59. The van der Waals surface area contributed by atoms with E-state index in [4.69, 9.17) is 0 Å². The van der Waals surface area contributed by atoms with Crippen LogP contribution in [0.25, 0.3) is 6.08 Å². The number of carbonyl (C=O) groups excluding carboxylic acids is 1. The maximum atomic E-state index is 11.2. The fourth-order valence-electron chi connectivity index (χ4n) is 2.02. The van der Waals surface area contributed by atoms with E-state index in [0.717, 1.165) is 11.1 Å². The minimum Gasteiger partial charge on any atom is -0.466 e. The van der Waals surface area contributed by atoms with Crippen LogP contribution in [0.4, 0.5) is 0 Å². The summed E-state index contributed by atoms with van der Waals surface area (Å²) in [6.07, 6.45) is 4.99. The van der Waals surface area contributed by atoms with Crippen molar-refractivity contribution in [2.24, 2.45) is 4.99 Å². The molecule has 22 heavy (non-hydrogen) atoms. The molecule has 2 aromatic carbocycles. The van der Waals surface area contributed by atoms with Gasteiger partial charge in [0.1, 0.15) is 0 Å². The van der Waals surface area contributed by atoms with Gasteiger partial charge < -0.3 is 4.74 Å². The molecule has 0 bridgehead atoms. The monoisotopic (exact) mass is 293 g/mol. The Morgan fingerprint density at radius 2 is 1.68 bits per heavy atom. The lowest BCUT2D eigenvalue weighted by molar-refractivity contribution is -0.134. The number of aliphatic imine (C=N–C) groups is 1. The second kappa shape index (κ2) is 7.93. The van der Waals surface area contributed by atoms with Gasteiger partial charge in [-0.3, -0.25) is 4.99 Å². The molecule has 112 valence electrons. The lowest BCUT2D eigenvalue weighted by Gasteiger charge is -2.06. The van der Waals surface area contributed by atoms with Crippen molar-refractivity contribution in [3.05, 3.63) is 77.4 Å². The fraction of sp³-hybridized carbons (Fsp3) is 0.158. The number of hydrogen-bond donors (Lipinski definition) is 0. The van der Waals surface area contributed by atoms with Crippen LogP contribution in [0.3, 0.4) is 0 Å². The zero-order valence-electron chi connectivity index (χ0n) is 12.8. The van der Waals surface area contributed by atoms with Gasteiger partial charge in [0.25, 0.3) is 0 Å². The summed E-state index contributed by atoms with van der Waals surface area (Å²) in [5, 5.41) is 0. The largest absolute Gasteiger partial charge is 0.466 e. The Bertz CT molecular complexity index is 675. The molecule has 0 aliphatic rings. The molecule has 0 saturated carbocycles. The number of methoxy groups -OCH3 is 1. The van der Waals surface area contributed by atoms with E-state index in [0.29, 0.717) is 0 Å². The molecule has 0 aliphatic carbocycles. The third kappa shape index (κ3) is 4.42. The van der Waals surface area contributed by atoms with E-state index in [9.17, 15) is 4.79 Å². The first-order chi connectivity index (χ1) is 10.7. The zero-order chi connectivity index (χ0) is 15.8. The van der Waals surface area contributed by atoms with Gasteiger partial charge in [0.15, 0.2) is 0 Å². The highest BCUT2D eigenvalue weighted by Gasteiger charge is 2.02. The molecule has 0 saturated heterocycles. The summed E-state index contributed by atoms with van der Waals surface area (Å²) in [6, 6.07) is 18.0. The molecule has 1 unspecified atom stereocenters. The van der Waals surface area contributed by atoms with Gasteiger partial charge >= 0.3 is 5.97 Å². The number of ether oxygens (including phenoxy) is 1. The molecular weight excluding hydrogens is 274 g/mol. The SMILES string of the molecule is COC(=O)/C=C/c1ccccc1C=NC(C)c1ccccc1. The van der Waals surface area contributed by atoms with E-state index in [2.05, 4.69) is 28.8 Å². The van der Waals surface area contributed by atoms with Crippen molar-refractivity contribution in [1.29, 1.82) is 0 Å². The molecule has 0 aromatic heterocycles. The van der Waals surface area contributed by atoms with Crippen LogP contribution in [-0.4, -0.2) is 19.3 Å². The molecule has 0 amide bonds. The Morgan fingerprint density at radius 3 is 2.36 bits per heavy atom.